The average molecular weight is 278 g/mol. The molecule has 0 aliphatic rings. The monoisotopic (exact) mass is 278 g/mol. The second-order valence-corrected chi connectivity index (χ2v) is 4.70. The molecule has 0 aromatic carbocycles. The zero-order chi connectivity index (χ0) is 14.7. The molecule has 19 heavy (non-hydrogen) atoms. The summed E-state index contributed by atoms with van der Waals surface area (Å²) in [6.07, 6.45) is 0. The first-order valence-electron chi connectivity index (χ1n) is 5.98. The first kappa shape index (κ1) is 17.8. The molecule has 7 heteroatoms. The molecule has 0 aliphatic carbocycles. The summed E-state index contributed by atoms with van der Waals surface area (Å²) in [6, 6.07) is 0. The van der Waals surface area contributed by atoms with Crippen LogP contribution in [0.1, 0.15) is 20.8 Å². The molecule has 0 atom stereocenters. The number of carbonyl (C=O) groups is 2. The maximum atomic E-state index is 11.2. The fourth-order valence-corrected chi connectivity index (χ4v) is 1.02. The summed E-state index contributed by atoms with van der Waals surface area (Å²) >= 11 is 0. The molecule has 0 aliphatic heterocycles. The number of carboxylic acid groups (broad SMARTS) is 1. The van der Waals surface area contributed by atoms with Crippen LogP contribution in [-0.2, 0) is 28.5 Å². The van der Waals surface area contributed by atoms with Crippen molar-refractivity contribution in [3.05, 3.63) is 0 Å². The van der Waals surface area contributed by atoms with Gasteiger partial charge in [-0.25, -0.2) is 9.59 Å². The summed E-state index contributed by atoms with van der Waals surface area (Å²) in [7, 11) is 0. The van der Waals surface area contributed by atoms with Crippen LogP contribution in [0.4, 0.5) is 0 Å². The SMILES string of the molecule is CC(C)(C)OC(=O)COCCOCCOCC(=O)O. The molecular weight excluding hydrogens is 256 g/mol. The van der Waals surface area contributed by atoms with Crippen molar-refractivity contribution in [2.45, 2.75) is 26.4 Å². The van der Waals surface area contributed by atoms with E-state index >= 15 is 0 Å². The van der Waals surface area contributed by atoms with E-state index in [-0.39, 0.29) is 33.0 Å². The summed E-state index contributed by atoms with van der Waals surface area (Å²) in [5.41, 5.74) is -0.515. The second-order valence-electron chi connectivity index (χ2n) is 4.70. The fraction of sp³-hybridized carbons (Fsp3) is 0.833. The van der Waals surface area contributed by atoms with E-state index < -0.39 is 17.5 Å². The van der Waals surface area contributed by atoms with E-state index in [1.807, 2.05) is 0 Å². The van der Waals surface area contributed by atoms with Crippen molar-refractivity contribution in [3.63, 3.8) is 0 Å². The molecule has 112 valence electrons. The Balaban J connectivity index is 3.27. The van der Waals surface area contributed by atoms with Crippen LogP contribution >= 0.6 is 0 Å². The standard InChI is InChI=1S/C12H22O7/c1-12(2,3)19-11(15)9-18-7-5-16-4-6-17-8-10(13)14/h4-9H2,1-3H3,(H,13,14). The molecule has 0 amide bonds. The molecule has 7 nitrogen and oxygen atoms in total. The van der Waals surface area contributed by atoms with Crippen LogP contribution in [0.25, 0.3) is 0 Å². The Labute approximate surface area is 112 Å². The highest BCUT2D eigenvalue weighted by Gasteiger charge is 2.15. The lowest BCUT2D eigenvalue weighted by Crippen LogP contribution is -2.27. The van der Waals surface area contributed by atoms with Crippen LogP contribution in [-0.4, -0.2) is 62.3 Å². The zero-order valence-electron chi connectivity index (χ0n) is 11.6. The minimum atomic E-state index is -1.01. The van der Waals surface area contributed by atoms with Crippen molar-refractivity contribution in [2.24, 2.45) is 0 Å². The van der Waals surface area contributed by atoms with Gasteiger partial charge in [-0.05, 0) is 20.8 Å². The summed E-state index contributed by atoms with van der Waals surface area (Å²) < 4.78 is 19.9. The number of hydrogen-bond acceptors (Lipinski definition) is 6. The molecule has 0 radical (unpaired) electrons. The van der Waals surface area contributed by atoms with Gasteiger partial charge in [0, 0.05) is 0 Å². The van der Waals surface area contributed by atoms with Crippen LogP contribution in [0.15, 0.2) is 0 Å². The molecule has 0 unspecified atom stereocenters. The van der Waals surface area contributed by atoms with Crippen LogP contribution in [0.2, 0.25) is 0 Å². The van der Waals surface area contributed by atoms with Crippen molar-refractivity contribution >= 4 is 11.9 Å². The van der Waals surface area contributed by atoms with Gasteiger partial charge in [0.1, 0.15) is 18.8 Å². The first-order chi connectivity index (χ1) is 8.81. The smallest absolute Gasteiger partial charge is 0.332 e. The predicted octanol–water partition coefficient (Wildman–Crippen LogP) is 0.463. The lowest BCUT2D eigenvalue weighted by Gasteiger charge is -2.19. The average Bonchev–Trinajstić information content (AvgIpc) is 2.24. The molecule has 0 spiro atoms. The third-order valence-corrected chi connectivity index (χ3v) is 1.61. The van der Waals surface area contributed by atoms with E-state index in [1.165, 1.54) is 0 Å². The predicted molar refractivity (Wildman–Crippen MR) is 65.9 cm³/mol. The van der Waals surface area contributed by atoms with Gasteiger partial charge in [0.2, 0.25) is 0 Å². The number of carbonyl (C=O) groups excluding carboxylic acids is 1. The number of rotatable bonds is 10. The summed E-state index contributed by atoms with van der Waals surface area (Å²) in [6.45, 7) is 5.95. The Morgan fingerprint density at radius 1 is 0.895 bits per heavy atom. The topological polar surface area (TPSA) is 91.3 Å². The molecular formula is C12H22O7. The van der Waals surface area contributed by atoms with Gasteiger partial charge in [0.15, 0.2) is 0 Å². The minimum absolute atomic E-state index is 0.115. The van der Waals surface area contributed by atoms with E-state index in [1.54, 1.807) is 20.8 Å². The molecule has 1 N–H and O–H groups in total. The van der Waals surface area contributed by atoms with E-state index in [2.05, 4.69) is 0 Å². The highest BCUT2D eigenvalue weighted by Crippen LogP contribution is 2.06. The van der Waals surface area contributed by atoms with Gasteiger partial charge < -0.3 is 24.1 Å². The Morgan fingerprint density at radius 3 is 1.84 bits per heavy atom. The van der Waals surface area contributed by atoms with E-state index in [4.69, 9.17) is 24.1 Å². The molecule has 0 saturated heterocycles. The molecule has 0 aromatic rings. The van der Waals surface area contributed by atoms with Crippen molar-refractivity contribution in [1.29, 1.82) is 0 Å². The van der Waals surface area contributed by atoms with E-state index in [0.717, 1.165) is 0 Å². The van der Waals surface area contributed by atoms with Crippen molar-refractivity contribution in [1.82, 2.24) is 0 Å². The lowest BCUT2D eigenvalue weighted by molar-refractivity contribution is -0.160. The third-order valence-electron chi connectivity index (χ3n) is 1.61. The maximum Gasteiger partial charge on any atom is 0.332 e. The van der Waals surface area contributed by atoms with Gasteiger partial charge in [0.25, 0.3) is 0 Å². The zero-order valence-corrected chi connectivity index (χ0v) is 11.6. The number of hydrogen-bond donors (Lipinski definition) is 1. The summed E-state index contributed by atoms with van der Waals surface area (Å²) in [5.74, 6) is -1.43. The summed E-state index contributed by atoms with van der Waals surface area (Å²) in [4.78, 5) is 21.3. The molecule has 0 fully saturated rings. The number of carboxylic acids is 1. The lowest BCUT2D eigenvalue weighted by atomic mass is 10.2. The second kappa shape index (κ2) is 9.71. The van der Waals surface area contributed by atoms with Crippen molar-refractivity contribution in [2.75, 3.05) is 39.6 Å². The Kier molecular flexibility index (Phi) is 9.11. The van der Waals surface area contributed by atoms with Gasteiger partial charge in [-0.1, -0.05) is 0 Å². The normalized spacial score (nSPS) is 11.3. The molecule has 0 bridgehead atoms. The number of esters is 1. The Morgan fingerprint density at radius 2 is 1.37 bits per heavy atom. The molecule has 0 heterocycles. The highest BCUT2D eigenvalue weighted by atomic mass is 16.6. The van der Waals surface area contributed by atoms with Gasteiger partial charge in [0.05, 0.1) is 26.4 Å². The van der Waals surface area contributed by atoms with Gasteiger partial charge in [-0.15, -0.1) is 0 Å². The van der Waals surface area contributed by atoms with Gasteiger partial charge in [-0.3, -0.25) is 0 Å². The van der Waals surface area contributed by atoms with Crippen LogP contribution in [0.5, 0.6) is 0 Å². The van der Waals surface area contributed by atoms with Crippen molar-refractivity contribution in [3.8, 4) is 0 Å². The highest BCUT2D eigenvalue weighted by molar-refractivity contribution is 5.71. The molecule has 0 rings (SSSR count). The Bertz CT molecular complexity index is 270. The van der Waals surface area contributed by atoms with Crippen LogP contribution in [0, 0.1) is 0 Å². The summed E-state index contributed by atoms with van der Waals surface area (Å²) in [5, 5.41) is 8.29. The molecule has 0 aromatic heterocycles. The number of ether oxygens (including phenoxy) is 4. The van der Waals surface area contributed by atoms with Gasteiger partial charge in [-0.2, -0.15) is 0 Å². The van der Waals surface area contributed by atoms with Crippen LogP contribution < -0.4 is 0 Å². The van der Waals surface area contributed by atoms with Crippen LogP contribution in [0.3, 0.4) is 0 Å². The first-order valence-corrected chi connectivity index (χ1v) is 5.98. The van der Waals surface area contributed by atoms with E-state index in [9.17, 15) is 9.59 Å². The molecule has 0 saturated carbocycles. The van der Waals surface area contributed by atoms with Gasteiger partial charge >= 0.3 is 11.9 Å². The van der Waals surface area contributed by atoms with Crippen molar-refractivity contribution < 1.29 is 33.6 Å². The van der Waals surface area contributed by atoms with E-state index in [0.29, 0.717) is 6.61 Å². The minimum Gasteiger partial charge on any atom is -0.480 e. The fourth-order valence-electron chi connectivity index (χ4n) is 1.02. The quantitative estimate of drug-likeness (QED) is 0.458. The maximum absolute atomic E-state index is 11.2. The Hall–Kier alpha value is -1.18. The third kappa shape index (κ3) is 14.8. The number of aliphatic carboxylic acids is 1. The largest absolute Gasteiger partial charge is 0.480 e.